The number of thiophene rings is 1. The third-order valence-corrected chi connectivity index (χ3v) is 6.86. The number of hydrogen-bond acceptors (Lipinski definition) is 5. The summed E-state index contributed by atoms with van der Waals surface area (Å²) in [6.45, 7) is 1.37. The van der Waals surface area contributed by atoms with E-state index in [-0.39, 0.29) is 24.0 Å². The molecule has 1 saturated carbocycles. The van der Waals surface area contributed by atoms with Crippen molar-refractivity contribution in [3.05, 3.63) is 76.1 Å². The monoisotopic (exact) mass is 497 g/mol. The minimum atomic E-state index is -1.17. The molecule has 1 atom stereocenters. The molecule has 7 nitrogen and oxygen atoms in total. The Labute approximate surface area is 207 Å². The zero-order valence-corrected chi connectivity index (χ0v) is 20.3. The number of nitrogens with one attached hydrogen (secondary N) is 2. The number of anilines is 1. The van der Waals surface area contributed by atoms with E-state index in [0.717, 1.165) is 32.1 Å². The van der Waals surface area contributed by atoms with Crippen molar-refractivity contribution in [2.24, 2.45) is 0 Å². The normalized spacial score (nSPS) is 14.8. The van der Waals surface area contributed by atoms with Gasteiger partial charge in [0.15, 0.2) is 6.04 Å². The van der Waals surface area contributed by atoms with Gasteiger partial charge in [-0.3, -0.25) is 19.3 Å². The molecule has 1 aliphatic rings. The number of furan rings is 1. The van der Waals surface area contributed by atoms with Gasteiger partial charge in [-0.05, 0) is 61.5 Å². The van der Waals surface area contributed by atoms with E-state index in [1.165, 1.54) is 34.4 Å². The number of aryl methyl sites for hydroxylation is 1. The molecule has 0 unspecified atom stereocenters. The lowest BCUT2D eigenvalue weighted by Crippen LogP contribution is -2.49. The summed E-state index contributed by atoms with van der Waals surface area (Å²) in [5.41, 5.74) is 0.193. The van der Waals surface area contributed by atoms with E-state index in [2.05, 4.69) is 10.6 Å². The molecule has 0 bridgehead atoms. The summed E-state index contributed by atoms with van der Waals surface area (Å²) in [6, 6.07) is 11.1. The van der Waals surface area contributed by atoms with Gasteiger partial charge in [-0.1, -0.05) is 31.4 Å². The van der Waals surface area contributed by atoms with Gasteiger partial charge in [-0.2, -0.15) is 0 Å². The van der Waals surface area contributed by atoms with Crippen LogP contribution >= 0.6 is 11.3 Å². The summed E-state index contributed by atoms with van der Waals surface area (Å²) < 4.78 is 20.0. The molecular weight excluding hydrogens is 469 g/mol. The van der Waals surface area contributed by atoms with Crippen LogP contribution in [0.1, 0.15) is 59.3 Å². The zero-order chi connectivity index (χ0) is 24.8. The summed E-state index contributed by atoms with van der Waals surface area (Å²) in [7, 11) is 0. The maximum atomic E-state index is 14.2. The van der Waals surface area contributed by atoms with Crippen LogP contribution in [0.15, 0.2) is 58.3 Å². The standard InChI is InChI=1S/C26H28FN3O4S/c1-17-12-13-21(34-17)24(26(33)29-19-8-3-2-4-9-19)30(20-10-5-7-18(27)15-20)23(31)16-28-25(32)22-11-6-14-35-22/h5-7,10-15,19,24H,2-4,8-9,16H2,1H3,(H,28,32)(H,29,33)/t24-/m0/s1. The summed E-state index contributed by atoms with van der Waals surface area (Å²) in [6.07, 6.45) is 4.90. The van der Waals surface area contributed by atoms with Crippen LogP contribution in [0, 0.1) is 12.7 Å². The van der Waals surface area contributed by atoms with Crippen LogP contribution < -0.4 is 15.5 Å². The molecule has 3 aromatic rings. The predicted octanol–water partition coefficient (Wildman–Crippen LogP) is 4.74. The topological polar surface area (TPSA) is 91.7 Å². The highest BCUT2D eigenvalue weighted by Gasteiger charge is 2.36. The Morgan fingerprint density at radius 2 is 1.91 bits per heavy atom. The van der Waals surface area contributed by atoms with Crippen LogP contribution in [0.2, 0.25) is 0 Å². The van der Waals surface area contributed by atoms with Crippen molar-refractivity contribution >= 4 is 34.7 Å². The number of hydrogen-bond donors (Lipinski definition) is 2. The van der Waals surface area contributed by atoms with E-state index in [1.807, 2.05) is 0 Å². The van der Waals surface area contributed by atoms with Crippen LogP contribution in [-0.2, 0) is 9.59 Å². The first-order valence-corrected chi connectivity index (χ1v) is 12.6. The van der Waals surface area contributed by atoms with Gasteiger partial charge in [-0.25, -0.2) is 4.39 Å². The van der Waals surface area contributed by atoms with Crippen molar-refractivity contribution in [3.8, 4) is 0 Å². The van der Waals surface area contributed by atoms with Gasteiger partial charge in [0.05, 0.1) is 11.4 Å². The fourth-order valence-electron chi connectivity index (χ4n) is 4.30. The number of benzene rings is 1. The number of carbonyl (C=O) groups excluding carboxylic acids is 3. The van der Waals surface area contributed by atoms with Crippen molar-refractivity contribution in [2.75, 3.05) is 11.4 Å². The van der Waals surface area contributed by atoms with Gasteiger partial charge in [0.1, 0.15) is 17.3 Å². The average Bonchev–Trinajstić information content (AvgIpc) is 3.53. The van der Waals surface area contributed by atoms with E-state index in [1.54, 1.807) is 42.6 Å². The third kappa shape index (κ3) is 6.16. The van der Waals surface area contributed by atoms with E-state index in [4.69, 9.17) is 4.42 Å². The van der Waals surface area contributed by atoms with Crippen LogP contribution in [-0.4, -0.2) is 30.3 Å². The maximum absolute atomic E-state index is 14.2. The highest BCUT2D eigenvalue weighted by atomic mass is 32.1. The molecule has 0 saturated heterocycles. The lowest BCUT2D eigenvalue weighted by molar-refractivity contribution is -0.127. The van der Waals surface area contributed by atoms with Crippen molar-refractivity contribution in [3.63, 3.8) is 0 Å². The smallest absolute Gasteiger partial charge is 0.261 e. The fourth-order valence-corrected chi connectivity index (χ4v) is 4.94. The molecule has 35 heavy (non-hydrogen) atoms. The van der Waals surface area contributed by atoms with Crippen molar-refractivity contribution in [1.29, 1.82) is 0 Å². The second kappa shape index (κ2) is 11.3. The Kier molecular flexibility index (Phi) is 7.97. The molecule has 1 fully saturated rings. The third-order valence-electron chi connectivity index (χ3n) is 5.99. The lowest BCUT2D eigenvalue weighted by atomic mass is 9.95. The van der Waals surface area contributed by atoms with Gasteiger partial charge in [0, 0.05) is 11.7 Å². The molecule has 184 valence electrons. The molecule has 9 heteroatoms. The minimum absolute atomic E-state index is 0.00204. The first-order valence-electron chi connectivity index (χ1n) is 11.7. The second-order valence-electron chi connectivity index (χ2n) is 8.60. The Morgan fingerprint density at radius 3 is 2.57 bits per heavy atom. The lowest BCUT2D eigenvalue weighted by Gasteiger charge is -2.32. The Balaban J connectivity index is 1.65. The summed E-state index contributed by atoms with van der Waals surface area (Å²) in [5.74, 6) is -1.09. The molecule has 0 aliphatic heterocycles. The van der Waals surface area contributed by atoms with Gasteiger partial charge in [-0.15, -0.1) is 11.3 Å². The van der Waals surface area contributed by atoms with Crippen LogP contribution in [0.4, 0.5) is 10.1 Å². The van der Waals surface area contributed by atoms with Crippen LogP contribution in [0.5, 0.6) is 0 Å². The Morgan fingerprint density at radius 1 is 1.11 bits per heavy atom. The molecule has 0 radical (unpaired) electrons. The van der Waals surface area contributed by atoms with Gasteiger partial charge < -0.3 is 15.1 Å². The van der Waals surface area contributed by atoms with Gasteiger partial charge >= 0.3 is 0 Å². The number of amides is 3. The molecule has 0 spiro atoms. The second-order valence-corrected chi connectivity index (χ2v) is 9.55. The first-order chi connectivity index (χ1) is 16.9. The zero-order valence-electron chi connectivity index (χ0n) is 19.5. The van der Waals surface area contributed by atoms with Gasteiger partial charge in [0.2, 0.25) is 5.91 Å². The van der Waals surface area contributed by atoms with E-state index >= 15 is 0 Å². The molecule has 2 heterocycles. The van der Waals surface area contributed by atoms with Gasteiger partial charge in [0.25, 0.3) is 11.8 Å². The van der Waals surface area contributed by atoms with E-state index < -0.39 is 29.6 Å². The molecule has 2 N–H and O–H groups in total. The average molecular weight is 498 g/mol. The summed E-state index contributed by atoms with van der Waals surface area (Å²) in [5, 5.41) is 7.43. The van der Waals surface area contributed by atoms with Crippen molar-refractivity contribution in [2.45, 2.75) is 51.1 Å². The van der Waals surface area contributed by atoms with Crippen molar-refractivity contribution in [1.82, 2.24) is 10.6 Å². The summed E-state index contributed by atoms with van der Waals surface area (Å²) >= 11 is 1.25. The van der Waals surface area contributed by atoms with Crippen molar-refractivity contribution < 1.29 is 23.2 Å². The van der Waals surface area contributed by atoms with Crippen LogP contribution in [0.25, 0.3) is 0 Å². The molecule has 2 aromatic heterocycles. The van der Waals surface area contributed by atoms with E-state index in [9.17, 15) is 18.8 Å². The number of carbonyl (C=O) groups is 3. The number of halogens is 1. The molecule has 4 rings (SSSR count). The first kappa shape index (κ1) is 24.7. The maximum Gasteiger partial charge on any atom is 0.261 e. The molecule has 1 aromatic carbocycles. The predicted molar refractivity (Wildman–Crippen MR) is 132 cm³/mol. The minimum Gasteiger partial charge on any atom is -0.464 e. The highest BCUT2D eigenvalue weighted by Crippen LogP contribution is 2.30. The fraction of sp³-hybridized carbons (Fsp3) is 0.346. The SMILES string of the molecule is Cc1ccc([C@@H](C(=O)NC2CCCCC2)N(C(=O)CNC(=O)c2cccs2)c2cccc(F)c2)o1. The number of rotatable bonds is 8. The Hall–Kier alpha value is -3.46. The van der Waals surface area contributed by atoms with Crippen LogP contribution in [0.3, 0.4) is 0 Å². The molecule has 3 amide bonds. The summed E-state index contributed by atoms with van der Waals surface area (Å²) in [4.78, 5) is 41.2. The Bertz CT molecular complexity index is 1170. The molecular formula is C26H28FN3O4S. The highest BCUT2D eigenvalue weighted by molar-refractivity contribution is 7.12. The van der Waals surface area contributed by atoms with E-state index in [0.29, 0.717) is 10.6 Å². The largest absolute Gasteiger partial charge is 0.464 e. The molecule has 1 aliphatic carbocycles. The quantitative estimate of drug-likeness (QED) is 0.470. The number of nitrogens with zero attached hydrogens (tertiary/aromatic N) is 1.